The van der Waals surface area contributed by atoms with Crippen LogP contribution in [-0.2, 0) is 32.7 Å². The molecule has 0 aliphatic heterocycles. The zero-order valence-corrected chi connectivity index (χ0v) is 38.8. The maximum atomic E-state index is 12.7. The maximum absolute atomic E-state index is 12.7. The number of carbonyl (C=O) groups is 2. The zero-order chi connectivity index (χ0) is 44.6. The van der Waals surface area contributed by atoms with Crippen LogP contribution in [0.2, 0.25) is 0 Å². The quantitative estimate of drug-likeness (QED) is 0.0136. The first-order chi connectivity index (χ1) is 28.7. The Labute approximate surface area is 364 Å². The number of hydrogen-bond donors (Lipinski definition) is 3. The van der Waals surface area contributed by atoms with E-state index in [1.807, 2.05) is 81.9 Å². The molecule has 0 aromatic heterocycles. The molecular weight excluding hydrogens is 781 g/mol. The first kappa shape index (κ1) is 57.1. The number of nitrogens with zero attached hydrogens (tertiary/aromatic N) is 1. The Hall–Kier alpha value is -2.89. The highest BCUT2D eigenvalue weighted by Crippen LogP contribution is 2.43. The van der Waals surface area contributed by atoms with Crippen molar-refractivity contribution in [1.29, 1.82) is 0 Å². The van der Waals surface area contributed by atoms with Crippen molar-refractivity contribution in [3.05, 3.63) is 85.1 Å². The van der Waals surface area contributed by atoms with Crippen molar-refractivity contribution in [3.8, 4) is 0 Å². The Kier molecular flexibility index (Phi) is 37.1. The van der Waals surface area contributed by atoms with E-state index in [0.29, 0.717) is 36.7 Å². The second kappa shape index (κ2) is 39.0. The van der Waals surface area contributed by atoms with E-state index in [-0.39, 0.29) is 26.1 Å². The van der Waals surface area contributed by atoms with E-state index < -0.39 is 44.7 Å². The zero-order valence-electron chi connectivity index (χ0n) is 37.9. The van der Waals surface area contributed by atoms with Gasteiger partial charge in [-0.25, -0.2) is 4.57 Å². The predicted molar refractivity (Wildman–Crippen MR) is 245 cm³/mol. The van der Waals surface area contributed by atoms with Gasteiger partial charge in [0.1, 0.15) is 19.8 Å². The summed E-state index contributed by atoms with van der Waals surface area (Å²) >= 11 is 0. The van der Waals surface area contributed by atoms with Gasteiger partial charge in [-0.1, -0.05) is 143 Å². The summed E-state index contributed by atoms with van der Waals surface area (Å²) in [7, 11) is 1.36. The highest BCUT2D eigenvalue weighted by Gasteiger charge is 2.27. The molecule has 0 rings (SSSR count). The maximum Gasteiger partial charge on any atom is 0.472 e. The summed E-state index contributed by atoms with van der Waals surface area (Å²) in [6.45, 7) is 3.67. The molecule has 3 N–H and O–H groups in total. The van der Waals surface area contributed by atoms with E-state index in [1.54, 1.807) is 19.1 Å². The fourth-order valence-electron chi connectivity index (χ4n) is 5.48. The summed E-state index contributed by atoms with van der Waals surface area (Å²) in [6, 6.07) is 0. The Morgan fingerprint density at radius 2 is 1.22 bits per heavy atom. The van der Waals surface area contributed by atoms with Crippen LogP contribution in [0.1, 0.15) is 142 Å². The molecule has 0 spiro atoms. The lowest BCUT2D eigenvalue weighted by atomic mass is 10.1. The number of likely N-dealkylation sites (N-methyl/N-ethyl adjacent to an activating group) is 1. The van der Waals surface area contributed by atoms with Crippen molar-refractivity contribution in [3.63, 3.8) is 0 Å². The van der Waals surface area contributed by atoms with Crippen LogP contribution in [0.3, 0.4) is 0 Å². The SMILES string of the molecule is CCCCCCCC/C=C\CCCCCCCC(=O)OCC(COP(=O)(O)OCC[N+](C)(C)C)OC(=O)CC/C=C/C/C=C/C/C=C/C=C\C(O)C/C=C/C/C=C\C(C)O. The largest absolute Gasteiger partial charge is 0.472 e. The van der Waals surface area contributed by atoms with Crippen molar-refractivity contribution in [1.82, 2.24) is 0 Å². The third-order valence-electron chi connectivity index (χ3n) is 9.02. The average Bonchev–Trinajstić information content (AvgIpc) is 3.18. The minimum Gasteiger partial charge on any atom is -0.462 e. The molecule has 0 aliphatic rings. The lowest BCUT2D eigenvalue weighted by molar-refractivity contribution is -0.870. The number of ether oxygens (including phenoxy) is 2. The van der Waals surface area contributed by atoms with Crippen LogP contribution in [0.4, 0.5) is 0 Å². The predicted octanol–water partition coefficient (Wildman–Crippen LogP) is 10.7. The van der Waals surface area contributed by atoms with Gasteiger partial charge in [-0.15, -0.1) is 0 Å². The van der Waals surface area contributed by atoms with E-state index in [2.05, 4.69) is 19.1 Å². The van der Waals surface area contributed by atoms with Gasteiger partial charge in [-0.05, 0) is 71.1 Å². The highest BCUT2D eigenvalue weighted by molar-refractivity contribution is 7.47. The van der Waals surface area contributed by atoms with Gasteiger partial charge in [0.2, 0.25) is 0 Å². The molecule has 0 aromatic rings. The van der Waals surface area contributed by atoms with Crippen LogP contribution in [0.5, 0.6) is 0 Å². The van der Waals surface area contributed by atoms with Gasteiger partial charge in [0.25, 0.3) is 0 Å². The van der Waals surface area contributed by atoms with Crippen molar-refractivity contribution in [2.75, 3.05) is 47.5 Å². The van der Waals surface area contributed by atoms with Crippen LogP contribution in [0.25, 0.3) is 0 Å². The minimum atomic E-state index is -4.42. The molecule has 0 amide bonds. The van der Waals surface area contributed by atoms with E-state index in [1.165, 1.54) is 44.9 Å². The van der Waals surface area contributed by atoms with Crippen molar-refractivity contribution < 1.29 is 52.3 Å². The topological polar surface area (TPSA) is 149 Å². The summed E-state index contributed by atoms with van der Waals surface area (Å²) in [4.78, 5) is 35.3. The summed E-state index contributed by atoms with van der Waals surface area (Å²) < 4.78 is 34.1. The molecule has 11 nitrogen and oxygen atoms in total. The van der Waals surface area contributed by atoms with Crippen molar-refractivity contribution >= 4 is 19.8 Å². The Morgan fingerprint density at radius 1 is 0.633 bits per heavy atom. The third kappa shape index (κ3) is 43.2. The van der Waals surface area contributed by atoms with Gasteiger partial charge >= 0.3 is 19.8 Å². The van der Waals surface area contributed by atoms with Gasteiger partial charge in [0.15, 0.2) is 6.10 Å². The molecule has 344 valence electrons. The molecule has 0 aromatic carbocycles. The van der Waals surface area contributed by atoms with Crippen LogP contribution >= 0.6 is 7.82 Å². The molecule has 4 unspecified atom stereocenters. The van der Waals surface area contributed by atoms with Gasteiger partial charge in [-0.2, -0.15) is 0 Å². The number of carbonyl (C=O) groups excluding carboxylic acids is 2. The number of phosphoric acid groups is 1. The van der Waals surface area contributed by atoms with E-state index in [9.17, 15) is 29.3 Å². The van der Waals surface area contributed by atoms with E-state index >= 15 is 0 Å². The van der Waals surface area contributed by atoms with E-state index in [0.717, 1.165) is 44.9 Å². The molecule has 0 bridgehead atoms. The normalized spacial score (nSPS) is 15.4. The molecule has 0 radical (unpaired) electrons. The summed E-state index contributed by atoms with van der Waals surface area (Å²) in [5.41, 5.74) is 0. The number of aliphatic hydroxyl groups is 2. The average molecular weight is 865 g/mol. The number of rotatable bonds is 39. The Bertz CT molecular complexity index is 1330. The van der Waals surface area contributed by atoms with Gasteiger partial charge < -0.3 is 29.1 Å². The Balaban J connectivity index is 4.57. The minimum absolute atomic E-state index is 0.00178. The number of allylic oxidation sites excluding steroid dienone is 11. The second-order valence-electron chi connectivity index (χ2n) is 16.2. The molecule has 0 heterocycles. The van der Waals surface area contributed by atoms with Crippen LogP contribution < -0.4 is 0 Å². The number of quaternary nitrogens is 1. The molecule has 60 heavy (non-hydrogen) atoms. The summed E-state index contributed by atoms with van der Waals surface area (Å²) in [5, 5.41) is 19.2. The molecule has 0 aliphatic carbocycles. The first-order valence-electron chi connectivity index (χ1n) is 22.5. The lowest BCUT2D eigenvalue weighted by Crippen LogP contribution is -2.37. The second-order valence-corrected chi connectivity index (χ2v) is 17.6. The number of aliphatic hydroxyl groups excluding tert-OH is 2. The highest BCUT2D eigenvalue weighted by atomic mass is 31.2. The number of unbranched alkanes of at least 4 members (excludes halogenated alkanes) is 11. The third-order valence-corrected chi connectivity index (χ3v) is 10.00. The Morgan fingerprint density at radius 3 is 1.88 bits per heavy atom. The standard InChI is InChI=1S/C48H82NO10P/c1-6-7-8-9-10-11-12-13-14-15-16-20-23-26-33-38-47(52)56-42-46(43-58-60(54,55)57-41-40-49(3,4)5)59-48(53)39-34-27-24-21-18-17-19-22-25-31-36-45(51)37-32-29-28-30-35-44(2)50/h13-14,17-18,22,24-25,27,29-32,35-36,44-46,50-51H,6-12,15-16,19-21,23,26,28,33-34,37-43H2,1-5H3/p+1/b14-13-,18-17+,25-22+,27-24+,32-29+,35-30-,36-31-. The van der Waals surface area contributed by atoms with Crippen molar-refractivity contribution in [2.45, 2.75) is 161 Å². The molecule has 4 atom stereocenters. The number of phosphoric ester groups is 1. The number of esters is 2. The number of hydrogen-bond acceptors (Lipinski definition) is 9. The van der Waals surface area contributed by atoms with Crippen LogP contribution in [0, 0.1) is 0 Å². The summed E-state index contributed by atoms with van der Waals surface area (Å²) in [6.07, 6.45) is 43.9. The molecule has 0 saturated carbocycles. The van der Waals surface area contributed by atoms with Gasteiger partial charge in [0.05, 0.1) is 40.0 Å². The van der Waals surface area contributed by atoms with Gasteiger partial charge in [0, 0.05) is 12.8 Å². The fourth-order valence-corrected chi connectivity index (χ4v) is 6.22. The molecule has 12 heteroatoms. The van der Waals surface area contributed by atoms with Gasteiger partial charge in [-0.3, -0.25) is 18.6 Å². The molecule has 0 fully saturated rings. The van der Waals surface area contributed by atoms with Crippen LogP contribution in [-0.4, -0.2) is 97.3 Å². The van der Waals surface area contributed by atoms with Crippen LogP contribution in [0.15, 0.2) is 85.1 Å². The smallest absolute Gasteiger partial charge is 0.462 e. The fraction of sp³-hybridized carbons (Fsp3) is 0.667. The molecular formula is C48H83NO10P+. The van der Waals surface area contributed by atoms with Crippen molar-refractivity contribution in [2.24, 2.45) is 0 Å². The first-order valence-corrected chi connectivity index (χ1v) is 24.0. The lowest BCUT2D eigenvalue weighted by Gasteiger charge is -2.24. The monoisotopic (exact) mass is 865 g/mol. The summed E-state index contributed by atoms with van der Waals surface area (Å²) in [5.74, 6) is -0.958. The molecule has 0 saturated heterocycles. The van der Waals surface area contributed by atoms with E-state index in [4.69, 9.17) is 18.5 Å².